The Bertz CT molecular complexity index is 835. The van der Waals surface area contributed by atoms with Crippen LogP contribution in [-0.2, 0) is 10.8 Å². The summed E-state index contributed by atoms with van der Waals surface area (Å²) < 4.78 is 0. The summed E-state index contributed by atoms with van der Waals surface area (Å²) in [7, 11) is 0. The number of carbonyl (C=O) groups excluding carboxylic acids is 1. The molecule has 0 bridgehead atoms. The van der Waals surface area contributed by atoms with Crippen molar-refractivity contribution in [2.24, 2.45) is 0 Å². The van der Waals surface area contributed by atoms with Crippen molar-refractivity contribution in [3.63, 3.8) is 0 Å². The number of para-hydroxylation sites is 1. The van der Waals surface area contributed by atoms with Gasteiger partial charge in [-0.1, -0.05) is 53.7 Å². The van der Waals surface area contributed by atoms with E-state index in [-0.39, 0.29) is 27.8 Å². The van der Waals surface area contributed by atoms with Gasteiger partial charge in [0.25, 0.3) is 5.69 Å². The topological polar surface area (TPSA) is 80.4 Å². The molecule has 0 aliphatic heterocycles. The Balaban J connectivity index is 2.75. The Morgan fingerprint density at radius 3 is 1.85 bits per heavy atom. The zero-order valence-electron chi connectivity index (χ0n) is 16.1. The van der Waals surface area contributed by atoms with E-state index in [2.05, 4.69) is 0 Å². The van der Waals surface area contributed by atoms with Gasteiger partial charge in [-0.3, -0.25) is 14.9 Å². The number of benzene rings is 2. The highest BCUT2D eigenvalue weighted by molar-refractivity contribution is 6.11. The van der Waals surface area contributed by atoms with Gasteiger partial charge in [0, 0.05) is 22.8 Å². The maximum absolute atomic E-state index is 13.1. The highest BCUT2D eigenvalue weighted by Crippen LogP contribution is 2.40. The molecule has 0 aliphatic carbocycles. The summed E-state index contributed by atoms with van der Waals surface area (Å²) >= 11 is 0. The lowest BCUT2D eigenvalue weighted by Gasteiger charge is -2.28. The number of nitrogens with zero attached hydrogens (tertiary/aromatic N) is 1. The number of carbonyl (C=O) groups is 1. The third-order valence-corrected chi connectivity index (χ3v) is 4.33. The number of nitro groups is 1. The molecule has 1 N–H and O–H groups in total. The van der Waals surface area contributed by atoms with Gasteiger partial charge < -0.3 is 5.11 Å². The van der Waals surface area contributed by atoms with Gasteiger partial charge in [-0.2, -0.15) is 0 Å². The second-order valence-corrected chi connectivity index (χ2v) is 8.52. The number of aromatic hydroxyl groups is 1. The minimum absolute atomic E-state index is 0.0444. The molecule has 26 heavy (non-hydrogen) atoms. The van der Waals surface area contributed by atoms with Crippen LogP contribution in [0, 0.1) is 10.1 Å². The number of nitro benzene ring substituents is 1. The Hall–Kier alpha value is -2.69. The van der Waals surface area contributed by atoms with Gasteiger partial charge >= 0.3 is 0 Å². The van der Waals surface area contributed by atoms with Gasteiger partial charge in [-0.25, -0.2) is 0 Å². The second kappa shape index (κ2) is 6.56. The molecule has 0 saturated carbocycles. The molecule has 2 aromatic carbocycles. The third kappa shape index (κ3) is 3.77. The summed E-state index contributed by atoms with van der Waals surface area (Å²) in [5.74, 6) is -0.252. The van der Waals surface area contributed by atoms with E-state index < -0.39 is 10.7 Å². The second-order valence-electron chi connectivity index (χ2n) is 8.52. The van der Waals surface area contributed by atoms with E-state index in [4.69, 9.17) is 0 Å². The molecule has 2 rings (SSSR count). The number of hydrogen-bond donors (Lipinski definition) is 1. The van der Waals surface area contributed by atoms with Gasteiger partial charge in [0.2, 0.25) is 0 Å². The SMILES string of the molecule is CC(C)(C)c1cc(C(=O)c2ccccc2[N+](=O)[O-])cc(C(C)(C)C)c1O. The van der Waals surface area contributed by atoms with Crippen LogP contribution in [0.1, 0.15) is 68.6 Å². The van der Waals surface area contributed by atoms with Crippen molar-refractivity contribution in [2.75, 3.05) is 0 Å². The monoisotopic (exact) mass is 355 g/mol. The van der Waals surface area contributed by atoms with Crippen molar-refractivity contribution in [1.29, 1.82) is 0 Å². The van der Waals surface area contributed by atoms with Crippen LogP contribution >= 0.6 is 0 Å². The number of rotatable bonds is 3. The summed E-state index contributed by atoms with van der Waals surface area (Å²) in [4.78, 5) is 23.8. The normalized spacial score (nSPS) is 12.1. The summed E-state index contributed by atoms with van der Waals surface area (Å²) in [6.07, 6.45) is 0. The van der Waals surface area contributed by atoms with E-state index in [1.165, 1.54) is 18.2 Å². The highest BCUT2D eigenvalue weighted by atomic mass is 16.6. The fraction of sp³-hybridized carbons (Fsp3) is 0.381. The molecule has 0 atom stereocenters. The molecule has 0 radical (unpaired) electrons. The molecule has 0 heterocycles. The zero-order valence-corrected chi connectivity index (χ0v) is 16.1. The zero-order chi connectivity index (χ0) is 19.9. The van der Waals surface area contributed by atoms with Crippen molar-refractivity contribution < 1.29 is 14.8 Å². The lowest BCUT2D eigenvalue weighted by atomic mass is 9.77. The van der Waals surface area contributed by atoms with Gasteiger partial charge in [0.15, 0.2) is 5.78 Å². The van der Waals surface area contributed by atoms with E-state index in [1.807, 2.05) is 41.5 Å². The minimum atomic E-state index is -0.553. The van der Waals surface area contributed by atoms with E-state index in [9.17, 15) is 20.0 Å². The fourth-order valence-electron chi connectivity index (χ4n) is 2.89. The molecule has 0 amide bonds. The molecule has 0 aliphatic rings. The third-order valence-electron chi connectivity index (χ3n) is 4.33. The summed E-state index contributed by atoms with van der Waals surface area (Å²) in [6.45, 7) is 11.7. The molecule has 5 nitrogen and oxygen atoms in total. The first-order chi connectivity index (χ1) is 11.8. The van der Waals surface area contributed by atoms with Crippen LogP contribution in [0.2, 0.25) is 0 Å². The van der Waals surface area contributed by atoms with Crippen molar-refractivity contribution in [3.05, 3.63) is 68.8 Å². The quantitative estimate of drug-likeness (QED) is 0.470. The largest absolute Gasteiger partial charge is 0.507 e. The Kier molecular flexibility index (Phi) is 4.95. The predicted molar refractivity (Wildman–Crippen MR) is 102 cm³/mol. The summed E-state index contributed by atoms with van der Waals surface area (Å²) in [6, 6.07) is 9.21. The van der Waals surface area contributed by atoms with Gasteiger partial charge in [-0.05, 0) is 29.0 Å². The molecular weight excluding hydrogens is 330 g/mol. The molecule has 0 aromatic heterocycles. The Morgan fingerprint density at radius 2 is 1.42 bits per heavy atom. The van der Waals surface area contributed by atoms with Gasteiger partial charge in [0.1, 0.15) is 11.3 Å². The van der Waals surface area contributed by atoms with Crippen LogP contribution in [0.4, 0.5) is 5.69 Å². The standard InChI is InChI=1S/C21H25NO4/c1-20(2,3)15-11-13(12-16(19(15)24)21(4,5)6)18(23)14-9-7-8-10-17(14)22(25)26/h7-12,24H,1-6H3. The van der Waals surface area contributed by atoms with Gasteiger partial charge in [-0.15, -0.1) is 0 Å². The van der Waals surface area contributed by atoms with Crippen LogP contribution < -0.4 is 0 Å². The number of ketones is 1. The fourth-order valence-corrected chi connectivity index (χ4v) is 2.89. The van der Waals surface area contributed by atoms with Crippen LogP contribution in [0.15, 0.2) is 36.4 Å². The molecule has 0 spiro atoms. The number of phenolic OH excluding ortho intramolecular Hbond substituents is 1. The first kappa shape index (κ1) is 19.6. The van der Waals surface area contributed by atoms with Crippen LogP contribution in [0.3, 0.4) is 0 Å². The minimum Gasteiger partial charge on any atom is -0.507 e. The van der Waals surface area contributed by atoms with Crippen molar-refractivity contribution in [2.45, 2.75) is 52.4 Å². The van der Waals surface area contributed by atoms with Crippen LogP contribution in [0.5, 0.6) is 5.75 Å². The average molecular weight is 355 g/mol. The summed E-state index contributed by atoms with van der Waals surface area (Å²) in [5, 5.41) is 22.0. The van der Waals surface area contributed by atoms with E-state index in [0.29, 0.717) is 16.7 Å². The molecule has 0 unspecified atom stereocenters. The van der Waals surface area contributed by atoms with E-state index >= 15 is 0 Å². The first-order valence-corrected chi connectivity index (χ1v) is 8.50. The van der Waals surface area contributed by atoms with E-state index in [1.54, 1.807) is 18.2 Å². The lowest BCUT2D eigenvalue weighted by molar-refractivity contribution is -0.385. The Morgan fingerprint density at radius 1 is 0.962 bits per heavy atom. The number of hydrogen-bond acceptors (Lipinski definition) is 4. The van der Waals surface area contributed by atoms with Crippen molar-refractivity contribution >= 4 is 11.5 Å². The molecule has 2 aromatic rings. The maximum Gasteiger partial charge on any atom is 0.280 e. The average Bonchev–Trinajstić information content (AvgIpc) is 2.52. The molecular formula is C21H25NO4. The first-order valence-electron chi connectivity index (χ1n) is 8.50. The summed E-state index contributed by atoms with van der Waals surface area (Å²) in [5.41, 5.74) is 0.681. The Labute approximate surface area is 153 Å². The predicted octanol–water partition coefficient (Wildman–Crippen LogP) is 5.13. The molecule has 0 saturated heterocycles. The van der Waals surface area contributed by atoms with Crippen molar-refractivity contribution in [3.8, 4) is 5.75 Å². The van der Waals surface area contributed by atoms with E-state index in [0.717, 1.165) is 0 Å². The van der Waals surface area contributed by atoms with Crippen LogP contribution in [0.25, 0.3) is 0 Å². The molecule has 0 fully saturated rings. The lowest BCUT2D eigenvalue weighted by Crippen LogP contribution is -2.19. The van der Waals surface area contributed by atoms with Gasteiger partial charge in [0.05, 0.1) is 4.92 Å². The maximum atomic E-state index is 13.1. The number of phenols is 1. The highest BCUT2D eigenvalue weighted by Gasteiger charge is 2.29. The van der Waals surface area contributed by atoms with Crippen molar-refractivity contribution in [1.82, 2.24) is 0 Å². The molecule has 5 heteroatoms. The molecule has 138 valence electrons. The van der Waals surface area contributed by atoms with Crippen LogP contribution in [-0.4, -0.2) is 15.8 Å². The smallest absolute Gasteiger partial charge is 0.280 e.